The van der Waals surface area contributed by atoms with E-state index in [1.807, 2.05) is 18.2 Å². The second-order valence-electron chi connectivity index (χ2n) is 7.12. The summed E-state index contributed by atoms with van der Waals surface area (Å²) in [6, 6.07) is 15.0. The van der Waals surface area contributed by atoms with E-state index in [0.29, 0.717) is 26.1 Å². The molecule has 6 nitrogen and oxygen atoms in total. The van der Waals surface area contributed by atoms with E-state index in [2.05, 4.69) is 30.9 Å². The van der Waals surface area contributed by atoms with Gasteiger partial charge in [0.2, 0.25) is 15.9 Å². The quantitative estimate of drug-likeness (QED) is 0.823. The van der Waals surface area contributed by atoms with Crippen LogP contribution in [0.2, 0.25) is 0 Å². The Balaban J connectivity index is 1.75. The average molecular weight is 388 g/mol. The van der Waals surface area contributed by atoms with E-state index < -0.39 is 10.0 Å². The van der Waals surface area contributed by atoms with Gasteiger partial charge in [-0.25, -0.2) is 13.6 Å². The lowest BCUT2D eigenvalue weighted by molar-refractivity contribution is -0.120. The molecule has 0 saturated carbocycles. The monoisotopic (exact) mass is 387 g/mol. The Morgan fingerprint density at radius 1 is 1.19 bits per heavy atom. The van der Waals surface area contributed by atoms with Crippen LogP contribution in [-0.4, -0.2) is 38.4 Å². The standard InChI is InChI=1S/C20H25N3O3S/c1-15(2)22(13-16-6-4-3-5-7-16)14-20(24)23-11-10-17-12-18(27(21,25)26)8-9-19(17)23/h3-9,12,15H,10-11,13-14H2,1-2H3,(H2,21,25,26). The molecule has 1 aliphatic heterocycles. The Morgan fingerprint density at radius 2 is 1.89 bits per heavy atom. The van der Waals surface area contributed by atoms with Gasteiger partial charge in [0.25, 0.3) is 0 Å². The number of nitrogens with two attached hydrogens (primary N) is 1. The maximum absolute atomic E-state index is 12.9. The van der Waals surface area contributed by atoms with Crippen molar-refractivity contribution in [3.8, 4) is 0 Å². The van der Waals surface area contributed by atoms with E-state index in [4.69, 9.17) is 5.14 Å². The number of benzene rings is 2. The van der Waals surface area contributed by atoms with Crippen molar-refractivity contribution >= 4 is 21.6 Å². The fourth-order valence-electron chi connectivity index (χ4n) is 3.31. The number of sulfonamides is 1. The van der Waals surface area contributed by atoms with Gasteiger partial charge in [-0.15, -0.1) is 0 Å². The summed E-state index contributed by atoms with van der Waals surface area (Å²) in [6.45, 7) is 5.72. The van der Waals surface area contributed by atoms with Crippen LogP contribution in [0.25, 0.3) is 0 Å². The molecule has 0 bridgehead atoms. The van der Waals surface area contributed by atoms with E-state index in [-0.39, 0.29) is 16.8 Å². The number of rotatable bonds is 6. The third kappa shape index (κ3) is 4.55. The Labute approximate surface area is 160 Å². The number of amides is 1. The van der Waals surface area contributed by atoms with Gasteiger partial charge in [0.1, 0.15) is 0 Å². The maximum Gasteiger partial charge on any atom is 0.241 e. The molecule has 2 aromatic rings. The molecule has 0 aromatic heterocycles. The molecule has 2 aromatic carbocycles. The molecule has 0 aliphatic carbocycles. The van der Waals surface area contributed by atoms with Gasteiger partial charge in [-0.05, 0) is 49.6 Å². The van der Waals surface area contributed by atoms with Crippen molar-refractivity contribution in [2.45, 2.75) is 37.8 Å². The molecule has 0 saturated heterocycles. The molecule has 144 valence electrons. The fraction of sp³-hybridized carbons (Fsp3) is 0.350. The first-order valence-corrected chi connectivity index (χ1v) is 10.5. The molecule has 0 radical (unpaired) electrons. The summed E-state index contributed by atoms with van der Waals surface area (Å²) < 4.78 is 23.1. The van der Waals surface area contributed by atoms with Gasteiger partial charge in [-0.1, -0.05) is 30.3 Å². The Morgan fingerprint density at radius 3 is 2.52 bits per heavy atom. The number of hydrogen-bond acceptors (Lipinski definition) is 4. The maximum atomic E-state index is 12.9. The lowest BCUT2D eigenvalue weighted by Crippen LogP contribution is -2.42. The number of hydrogen-bond donors (Lipinski definition) is 1. The highest BCUT2D eigenvalue weighted by molar-refractivity contribution is 7.89. The van der Waals surface area contributed by atoms with Crippen molar-refractivity contribution < 1.29 is 13.2 Å². The molecule has 1 aliphatic rings. The van der Waals surface area contributed by atoms with Gasteiger partial charge in [-0.2, -0.15) is 0 Å². The van der Waals surface area contributed by atoms with Gasteiger partial charge in [0.05, 0.1) is 11.4 Å². The molecular formula is C20H25N3O3S. The summed E-state index contributed by atoms with van der Waals surface area (Å²) in [4.78, 5) is 16.9. The first-order valence-electron chi connectivity index (χ1n) is 9.00. The topological polar surface area (TPSA) is 83.7 Å². The van der Waals surface area contributed by atoms with Crippen LogP contribution in [0, 0.1) is 0 Å². The predicted octanol–water partition coefficient (Wildman–Crippen LogP) is 2.13. The zero-order valence-corrected chi connectivity index (χ0v) is 16.4. The molecule has 1 amide bonds. The first kappa shape index (κ1) is 19.5. The van der Waals surface area contributed by atoms with Crippen LogP contribution in [0.15, 0.2) is 53.4 Å². The number of primary sulfonamides is 1. The Bertz CT molecular complexity index is 927. The summed E-state index contributed by atoms with van der Waals surface area (Å²) in [5.41, 5.74) is 2.78. The predicted molar refractivity (Wildman–Crippen MR) is 106 cm³/mol. The highest BCUT2D eigenvalue weighted by atomic mass is 32.2. The minimum Gasteiger partial charge on any atom is -0.311 e. The zero-order chi connectivity index (χ0) is 19.6. The highest BCUT2D eigenvalue weighted by Gasteiger charge is 2.27. The van der Waals surface area contributed by atoms with Gasteiger partial charge >= 0.3 is 0 Å². The van der Waals surface area contributed by atoms with Crippen LogP contribution >= 0.6 is 0 Å². The molecule has 7 heteroatoms. The molecule has 0 unspecified atom stereocenters. The van der Waals surface area contributed by atoms with E-state index in [0.717, 1.165) is 11.3 Å². The number of carbonyl (C=O) groups is 1. The smallest absolute Gasteiger partial charge is 0.241 e. The van der Waals surface area contributed by atoms with Crippen LogP contribution in [-0.2, 0) is 27.8 Å². The Hall–Kier alpha value is -2.22. The molecular weight excluding hydrogens is 362 g/mol. The summed E-state index contributed by atoms with van der Waals surface area (Å²) >= 11 is 0. The molecule has 0 atom stereocenters. The minimum absolute atomic E-state index is 0.0155. The molecule has 2 N–H and O–H groups in total. The molecule has 1 heterocycles. The first-order chi connectivity index (χ1) is 12.8. The van der Waals surface area contributed by atoms with Crippen molar-refractivity contribution in [3.05, 3.63) is 59.7 Å². The van der Waals surface area contributed by atoms with E-state index in [9.17, 15) is 13.2 Å². The van der Waals surface area contributed by atoms with Crippen molar-refractivity contribution in [2.75, 3.05) is 18.0 Å². The van der Waals surface area contributed by atoms with Crippen LogP contribution in [0.3, 0.4) is 0 Å². The summed E-state index contributed by atoms with van der Waals surface area (Å²) in [6.07, 6.45) is 0.630. The minimum atomic E-state index is -3.74. The van der Waals surface area contributed by atoms with Crippen molar-refractivity contribution in [3.63, 3.8) is 0 Å². The lowest BCUT2D eigenvalue weighted by Gasteiger charge is -2.28. The van der Waals surface area contributed by atoms with Crippen LogP contribution in [0.5, 0.6) is 0 Å². The third-order valence-electron chi connectivity index (χ3n) is 4.87. The van der Waals surface area contributed by atoms with Crippen molar-refractivity contribution in [1.29, 1.82) is 0 Å². The van der Waals surface area contributed by atoms with Crippen LogP contribution in [0.1, 0.15) is 25.0 Å². The van der Waals surface area contributed by atoms with Crippen LogP contribution in [0.4, 0.5) is 5.69 Å². The van der Waals surface area contributed by atoms with Crippen molar-refractivity contribution in [2.24, 2.45) is 5.14 Å². The number of anilines is 1. The summed E-state index contributed by atoms with van der Waals surface area (Å²) in [5.74, 6) is 0.0155. The molecule has 0 spiro atoms. The normalized spacial score (nSPS) is 14.0. The zero-order valence-electron chi connectivity index (χ0n) is 15.6. The lowest BCUT2D eigenvalue weighted by atomic mass is 10.1. The van der Waals surface area contributed by atoms with Gasteiger partial charge < -0.3 is 4.90 Å². The molecule has 0 fully saturated rings. The van der Waals surface area contributed by atoms with E-state index in [1.54, 1.807) is 17.0 Å². The number of nitrogens with zero attached hydrogens (tertiary/aromatic N) is 2. The summed E-state index contributed by atoms with van der Waals surface area (Å²) in [7, 11) is -3.74. The molecule has 27 heavy (non-hydrogen) atoms. The highest BCUT2D eigenvalue weighted by Crippen LogP contribution is 2.30. The SMILES string of the molecule is CC(C)N(CC(=O)N1CCc2cc(S(N)(=O)=O)ccc21)Cc1ccccc1. The molecule has 3 rings (SSSR count). The Kier molecular flexibility index (Phi) is 5.64. The third-order valence-corrected chi connectivity index (χ3v) is 5.78. The second-order valence-corrected chi connectivity index (χ2v) is 8.68. The number of fused-ring (bicyclic) bond motifs is 1. The van der Waals surface area contributed by atoms with Gasteiger partial charge in [-0.3, -0.25) is 9.69 Å². The largest absolute Gasteiger partial charge is 0.311 e. The van der Waals surface area contributed by atoms with E-state index in [1.165, 1.54) is 11.6 Å². The van der Waals surface area contributed by atoms with Crippen molar-refractivity contribution in [1.82, 2.24) is 4.90 Å². The van der Waals surface area contributed by atoms with E-state index >= 15 is 0 Å². The second kappa shape index (κ2) is 7.80. The summed E-state index contributed by atoms with van der Waals surface area (Å²) in [5, 5.41) is 5.20. The van der Waals surface area contributed by atoms with Crippen LogP contribution < -0.4 is 10.0 Å². The fourth-order valence-corrected chi connectivity index (χ4v) is 3.88. The average Bonchev–Trinajstić information content (AvgIpc) is 3.04. The van der Waals surface area contributed by atoms with Gasteiger partial charge in [0, 0.05) is 24.8 Å². The van der Waals surface area contributed by atoms with Gasteiger partial charge in [0.15, 0.2) is 0 Å². The number of carbonyl (C=O) groups excluding carboxylic acids is 1.